The first-order valence-electron chi connectivity index (χ1n) is 27.3. The fourth-order valence-corrected chi connectivity index (χ4v) is 8.05. The number of esters is 3. The molecule has 0 heterocycles. The molecule has 0 aliphatic rings. The van der Waals surface area contributed by atoms with Crippen molar-refractivity contribution in [2.75, 3.05) is 13.2 Å². The minimum atomic E-state index is -0.771. The van der Waals surface area contributed by atoms with Gasteiger partial charge in [-0.05, 0) is 44.9 Å². The lowest BCUT2D eigenvalue weighted by Crippen LogP contribution is -2.30. The third-order valence-electron chi connectivity index (χ3n) is 12.2. The maximum Gasteiger partial charge on any atom is 0.306 e. The monoisotopic (exact) mass is 873 g/mol. The number of allylic oxidation sites excluding steroid dienone is 4. The Balaban J connectivity index is 4.17. The van der Waals surface area contributed by atoms with Gasteiger partial charge in [0.25, 0.3) is 0 Å². The van der Waals surface area contributed by atoms with Crippen LogP contribution in [0.4, 0.5) is 0 Å². The molecule has 0 bridgehead atoms. The smallest absolute Gasteiger partial charge is 0.306 e. The summed E-state index contributed by atoms with van der Waals surface area (Å²) in [6.07, 6.45) is 59.0. The molecule has 1 unspecified atom stereocenters. The van der Waals surface area contributed by atoms with Gasteiger partial charge in [-0.1, -0.05) is 257 Å². The van der Waals surface area contributed by atoms with E-state index in [1.165, 1.54) is 173 Å². The second kappa shape index (κ2) is 51.5. The average Bonchev–Trinajstić information content (AvgIpc) is 3.27. The highest BCUT2D eigenvalue weighted by atomic mass is 16.6. The molecule has 0 rings (SSSR count). The highest BCUT2D eigenvalue weighted by Gasteiger charge is 2.19. The van der Waals surface area contributed by atoms with Crippen LogP contribution in [0.15, 0.2) is 24.3 Å². The molecule has 0 aliphatic carbocycles. The van der Waals surface area contributed by atoms with Crippen molar-refractivity contribution in [1.29, 1.82) is 0 Å². The minimum absolute atomic E-state index is 0.0724. The summed E-state index contributed by atoms with van der Waals surface area (Å²) in [5.41, 5.74) is 0. The Kier molecular flexibility index (Phi) is 49.8. The van der Waals surface area contributed by atoms with Crippen molar-refractivity contribution in [3.63, 3.8) is 0 Å². The Morgan fingerprint density at radius 1 is 0.323 bits per heavy atom. The van der Waals surface area contributed by atoms with Crippen LogP contribution in [-0.2, 0) is 28.6 Å². The van der Waals surface area contributed by atoms with E-state index in [2.05, 4.69) is 45.1 Å². The molecular formula is C56H104O6. The SMILES string of the molecule is CCCC/C=C\C/C=C\CCCCCCCC(=O)OC(COC(=O)CCCCCCCCCC)COC(=O)CCCCCCCCCCCCCCCCCCCCCCCC. The van der Waals surface area contributed by atoms with Crippen molar-refractivity contribution < 1.29 is 28.6 Å². The second-order valence-corrected chi connectivity index (χ2v) is 18.5. The Bertz CT molecular complexity index is 1000. The van der Waals surface area contributed by atoms with E-state index in [1.807, 2.05) is 0 Å². The fraction of sp³-hybridized carbons (Fsp3) is 0.875. The first-order valence-corrected chi connectivity index (χ1v) is 27.3. The fourth-order valence-electron chi connectivity index (χ4n) is 8.05. The maximum atomic E-state index is 12.8. The van der Waals surface area contributed by atoms with E-state index in [0.717, 1.165) is 83.5 Å². The number of rotatable bonds is 50. The van der Waals surface area contributed by atoms with Crippen molar-refractivity contribution in [3.8, 4) is 0 Å². The second-order valence-electron chi connectivity index (χ2n) is 18.5. The topological polar surface area (TPSA) is 78.9 Å². The van der Waals surface area contributed by atoms with E-state index in [-0.39, 0.29) is 31.1 Å². The molecular weight excluding hydrogens is 769 g/mol. The Morgan fingerprint density at radius 2 is 0.597 bits per heavy atom. The summed E-state index contributed by atoms with van der Waals surface area (Å²) >= 11 is 0. The summed E-state index contributed by atoms with van der Waals surface area (Å²) in [6, 6.07) is 0. The lowest BCUT2D eigenvalue weighted by molar-refractivity contribution is -0.167. The third kappa shape index (κ3) is 48.9. The van der Waals surface area contributed by atoms with E-state index in [9.17, 15) is 14.4 Å². The van der Waals surface area contributed by atoms with Gasteiger partial charge >= 0.3 is 17.9 Å². The molecule has 364 valence electrons. The van der Waals surface area contributed by atoms with Crippen molar-refractivity contribution in [2.24, 2.45) is 0 Å². The normalized spacial score (nSPS) is 12.1. The molecule has 0 aliphatic heterocycles. The van der Waals surface area contributed by atoms with Gasteiger partial charge in [0.05, 0.1) is 0 Å². The molecule has 6 heteroatoms. The van der Waals surface area contributed by atoms with Crippen molar-refractivity contribution in [2.45, 2.75) is 303 Å². The number of carbonyl (C=O) groups excluding carboxylic acids is 3. The molecule has 0 aromatic carbocycles. The highest BCUT2D eigenvalue weighted by Crippen LogP contribution is 2.17. The predicted octanol–water partition coefficient (Wildman–Crippen LogP) is 17.9. The van der Waals surface area contributed by atoms with Gasteiger partial charge in [-0.25, -0.2) is 0 Å². The van der Waals surface area contributed by atoms with E-state index in [1.54, 1.807) is 0 Å². The molecule has 0 N–H and O–H groups in total. The quantitative estimate of drug-likeness (QED) is 0.0262. The molecule has 6 nitrogen and oxygen atoms in total. The Labute approximate surface area is 385 Å². The first-order chi connectivity index (χ1) is 30.5. The summed E-state index contributed by atoms with van der Waals surface area (Å²) < 4.78 is 16.8. The molecule has 0 saturated carbocycles. The van der Waals surface area contributed by atoms with Crippen LogP contribution in [0.5, 0.6) is 0 Å². The van der Waals surface area contributed by atoms with Gasteiger partial charge in [0, 0.05) is 19.3 Å². The number of ether oxygens (including phenoxy) is 3. The van der Waals surface area contributed by atoms with Crippen LogP contribution < -0.4 is 0 Å². The van der Waals surface area contributed by atoms with Crippen LogP contribution in [-0.4, -0.2) is 37.2 Å². The Morgan fingerprint density at radius 3 is 0.935 bits per heavy atom. The van der Waals surface area contributed by atoms with Crippen molar-refractivity contribution in [1.82, 2.24) is 0 Å². The number of hydrogen-bond acceptors (Lipinski definition) is 6. The lowest BCUT2D eigenvalue weighted by Gasteiger charge is -2.18. The summed E-state index contributed by atoms with van der Waals surface area (Å²) in [7, 11) is 0. The zero-order valence-corrected chi connectivity index (χ0v) is 41.7. The average molecular weight is 873 g/mol. The molecule has 0 amide bonds. The summed E-state index contributed by atoms with van der Waals surface area (Å²) in [6.45, 7) is 6.59. The molecule has 0 fully saturated rings. The largest absolute Gasteiger partial charge is 0.462 e. The molecule has 0 aromatic heterocycles. The van der Waals surface area contributed by atoms with Gasteiger partial charge in [-0.15, -0.1) is 0 Å². The van der Waals surface area contributed by atoms with Crippen LogP contribution >= 0.6 is 0 Å². The predicted molar refractivity (Wildman–Crippen MR) is 266 cm³/mol. The van der Waals surface area contributed by atoms with Crippen molar-refractivity contribution in [3.05, 3.63) is 24.3 Å². The van der Waals surface area contributed by atoms with E-state index < -0.39 is 6.10 Å². The number of carbonyl (C=O) groups is 3. The first kappa shape index (κ1) is 59.9. The van der Waals surface area contributed by atoms with Gasteiger partial charge in [0.1, 0.15) is 13.2 Å². The zero-order chi connectivity index (χ0) is 45.1. The molecule has 1 atom stereocenters. The van der Waals surface area contributed by atoms with Crippen LogP contribution in [0.2, 0.25) is 0 Å². The maximum absolute atomic E-state index is 12.8. The number of unbranched alkanes of at least 4 members (excludes halogenated alkanes) is 35. The third-order valence-corrected chi connectivity index (χ3v) is 12.2. The van der Waals surface area contributed by atoms with E-state index in [0.29, 0.717) is 19.3 Å². The van der Waals surface area contributed by atoms with Crippen molar-refractivity contribution >= 4 is 17.9 Å². The van der Waals surface area contributed by atoms with Gasteiger partial charge < -0.3 is 14.2 Å². The van der Waals surface area contributed by atoms with Crippen LogP contribution in [0.3, 0.4) is 0 Å². The van der Waals surface area contributed by atoms with Gasteiger partial charge in [-0.2, -0.15) is 0 Å². The van der Waals surface area contributed by atoms with E-state index >= 15 is 0 Å². The van der Waals surface area contributed by atoms with E-state index in [4.69, 9.17) is 14.2 Å². The standard InChI is InChI=1S/C56H104O6/c1-4-7-10-13-16-19-21-23-25-26-27-28-29-30-31-32-34-35-37-40-43-46-49-55(58)61-52-53(51-60-54(57)48-45-42-39-18-15-12-9-6-3)62-56(59)50-47-44-41-38-36-33-24-22-20-17-14-11-8-5-2/h14,17,22,24,53H,4-13,15-16,18-21,23,25-52H2,1-3H3/b17-14-,24-22-. The molecule has 0 saturated heterocycles. The molecule has 0 spiro atoms. The summed E-state index contributed by atoms with van der Waals surface area (Å²) in [5, 5.41) is 0. The molecule has 62 heavy (non-hydrogen) atoms. The zero-order valence-electron chi connectivity index (χ0n) is 41.7. The molecule has 0 radical (unpaired) electrons. The Hall–Kier alpha value is -2.11. The number of hydrogen-bond donors (Lipinski definition) is 0. The van der Waals surface area contributed by atoms with Crippen LogP contribution in [0.1, 0.15) is 297 Å². The van der Waals surface area contributed by atoms with Gasteiger partial charge in [0.15, 0.2) is 6.10 Å². The summed E-state index contributed by atoms with van der Waals surface area (Å²) in [4.78, 5) is 37.9. The van der Waals surface area contributed by atoms with Crippen LogP contribution in [0.25, 0.3) is 0 Å². The highest BCUT2D eigenvalue weighted by molar-refractivity contribution is 5.71. The van der Waals surface area contributed by atoms with Gasteiger partial charge in [-0.3, -0.25) is 14.4 Å². The molecule has 0 aromatic rings. The summed E-state index contributed by atoms with van der Waals surface area (Å²) in [5.74, 6) is -0.876. The van der Waals surface area contributed by atoms with Crippen LogP contribution in [0, 0.1) is 0 Å². The van der Waals surface area contributed by atoms with Gasteiger partial charge in [0.2, 0.25) is 0 Å². The minimum Gasteiger partial charge on any atom is -0.462 e. The lowest BCUT2D eigenvalue weighted by atomic mass is 10.0.